The Morgan fingerprint density at radius 3 is 2.28 bits per heavy atom. The first kappa shape index (κ1) is 25.8. The average Bonchev–Trinajstić information content (AvgIpc) is 2.84. The summed E-state index contributed by atoms with van der Waals surface area (Å²) in [5.74, 6) is 0.316. The molecule has 4 rings (SSSR count). The van der Waals surface area contributed by atoms with Gasteiger partial charge < -0.3 is 14.2 Å². The molecule has 0 spiro atoms. The Labute approximate surface area is 206 Å². The first-order valence-corrected chi connectivity index (χ1v) is 12.9. The van der Waals surface area contributed by atoms with Crippen LogP contribution in [0.4, 0.5) is 24.5 Å². The maximum absolute atomic E-state index is 13.5. The van der Waals surface area contributed by atoms with Crippen molar-refractivity contribution in [1.82, 2.24) is 4.57 Å². The van der Waals surface area contributed by atoms with Crippen molar-refractivity contribution in [2.45, 2.75) is 19.1 Å². The zero-order valence-electron chi connectivity index (χ0n) is 19.7. The molecule has 0 N–H and O–H groups in total. The van der Waals surface area contributed by atoms with Crippen molar-refractivity contribution in [3.05, 3.63) is 87.8 Å². The number of fused-ring (bicyclic) bond motifs is 1. The molecule has 1 aliphatic rings. The molecular formula is C25H25F3N2O5S. The number of hydrogen-bond donors (Lipinski definition) is 0. The molecule has 192 valence electrons. The summed E-state index contributed by atoms with van der Waals surface area (Å²) in [5, 5.41) is 0. The van der Waals surface area contributed by atoms with Gasteiger partial charge in [0, 0.05) is 29.9 Å². The monoisotopic (exact) mass is 522 g/mol. The Balaban J connectivity index is 1.70. The van der Waals surface area contributed by atoms with Crippen molar-refractivity contribution in [3.63, 3.8) is 0 Å². The molecule has 2 heterocycles. The number of hydrogen-bond acceptors (Lipinski definition) is 6. The molecule has 0 saturated heterocycles. The minimum Gasteiger partial charge on any atom is -0.497 e. The van der Waals surface area contributed by atoms with Crippen LogP contribution in [0.2, 0.25) is 0 Å². The lowest BCUT2D eigenvalue weighted by Crippen LogP contribution is -2.39. The lowest BCUT2D eigenvalue weighted by Gasteiger charge is -2.36. The lowest BCUT2D eigenvalue weighted by atomic mass is 9.93. The predicted octanol–water partition coefficient (Wildman–Crippen LogP) is 4.21. The predicted molar refractivity (Wildman–Crippen MR) is 129 cm³/mol. The average molecular weight is 523 g/mol. The van der Waals surface area contributed by atoms with Crippen LogP contribution in [-0.4, -0.2) is 39.5 Å². The van der Waals surface area contributed by atoms with Gasteiger partial charge in [0.15, 0.2) is 0 Å². The number of ether oxygens (including phenoxy) is 1. The summed E-state index contributed by atoms with van der Waals surface area (Å²) in [6.45, 7) is 0.429. The van der Waals surface area contributed by atoms with E-state index in [2.05, 4.69) is 0 Å². The van der Waals surface area contributed by atoms with Crippen LogP contribution in [0.3, 0.4) is 0 Å². The summed E-state index contributed by atoms with van der Waals surface area (Å²) in [6, 6.07) is 13.7. The molecule has 1 aromatic heterocycles. The Morgan fingerprint density at radius 2 is 1.69 bits per heavy atom. The fourth-order valence-corrected chi connectivity index (χ4v) is 4.66. The molecule has 0 saturated carbocycles. The number of methoxy groups -OCH3 is 1. The molecule has 0 bridgehead atoms. The van der Waals surface area contributed by atoms with E-state index in [-0.39, 0.29) is 31.0 Å². The van der Waals surface area contributed by atoms with E-state index in [1.54, 1.807) is 41.0 Å². The van der Waals surface area contributed by atoms with Gasteiger partial charge in [0.25, 0.3) is 15.7 Å². The van der Waals surface area contributed by atoms with Crippen LogP contribution >= 0.6 is 0 Å². The number of halogens is 3. The highest BCUT2D eigenvalue weighted by molar-refractivity contribution is 7.85. The van der Waals surface area contributed by atoms with E-state index in [4.69, 9.17) is 8.92 Å². The Hall–Kier alpha value is -3.31. The van der Waals surface area contributed by atoms with Gasteiger partial charge in [-0.2, -0.15) is 21.6 Å². The standard InChI is InChI=1S/C25H25F3N2O5S/c1-34-21-9-3-17(4-10-21)14-29-12-11-23-22(24(29)31)13-18(16-35-36(2,32)33)15-30(23)20-7-5-19(6-8-20)25(26,27)28/h3-12,18H,13-16H2,1-2H3. The Morgan fingerprint density at radius 1 is 1.03 bits per heavy atom. The third kappa shape index (κ3) is 5.90. The molecule has 1 aliphatic heterocycles. The molecule has 0 radical (unpaired) electrons. The Bertz CT molecular complexity index is 1390. The second kappa shape index (κ2) is 9.98. The van der Waals surface area contributed by atoms with Gasteiger partial charge in [-0.15, -0.1) is 0 Å². The molecule has 0 aliphatic carbocycles. The van der Waals surface area contributed by atoms with Gasteiger partial charge in [0.05, 0.1) is 37.8 Å². The van der Waals surface area contributed by atoms with E-state index < -0.39 is 21.9 Å². The number of alkyl halides is 3. The second-order valence-corrected chi connectivity index (χ2v) is 10.3. The highest BCUT2D eigenvalue weighted by Gasteiger charge is 2.32. The maximum Gasteiger partial charge on any atom is 0.416 e. The SMILES string of the molecule is COc1ccc(Cn2ccc3c(c2=O)CC(COS(C)(=O)=O)CN3c2ccc(C(F)(F)F)cc2)cc1. The smallest absolute Gasteiger partial charge is 0.416 e. The Kier molecular flexibility index (Phi) is 7.14. The number of aromatic nitrogens is 1. The number of pyridine rings is 1. The largest absolute Gasteiger partial charge is 0.497 e. The van der Waals surface area contributed by atoms with Crippen molar-refractivity contribution in [2.24, 2.45) is 5.92 Å². The molecule has 0 fully saturated rings. The highest BCUT2D eigenvalue weighted by Crippen LogP contribution is 2.36. The van der Waals surface area contributed by atoms with Gasteiger partial charge in [-0.05, 0) is 54.4 Å². The number of rotatable bonds is 7. The first-order valence-electron chi connectivity index (χ1n) is 11.1. The fourth-order valence-electron chi connectivity index (χ4n) is 4.22. The van der Waals surface area contributed by atoms with Gasteiger partial charge in [0.2, 0.25) is 0 Å². The third-order valence-corrected chi connectivity index (χ3v) is 6.57. The van der Waals surface area contributed by atoms with Gasteiger partial charge in [-0.1, -0.05) is 12.1 Å². The zero-order valence-corrected chi connectivity index (χ0v) is 20.5. The highest BCUT2D eigenvalue weighted by atomic mass is 32.2. The van der Waals surface area contributed by atoms with Crippen LogP contribution < -0.4 is 15.2 Å². The third-order valence-electron chi connectivity index (χ3n) is 6.00. The van der Waals surface area contributed by atoms with Crippen LogP contribution in [0.1, 0.15) is 16.7 Å². The van der Waals surface area contributed by atoms with Gasteiger partial charge in [0.1, 0.15) is 5.75 Å². The van der Waals surface area contributed by atoms with Crippen LogP contribution in [-0.2, 0) is 33.4 Å². The molecular weight excluding hydrogens is 497 g/mol. The number of nitrogens with zero attached hydrogens (tertiary/aromatic N) is 2. The van der Waals surface area contributed by atoms with Crippen LogP contribution in [0.5, 0.6) is 5.75 Å². The minimum absolute atomic E-state index is 0.151. The van der Waals surface area contributed by atoms with Gasteiger partial charge >= 0.3 is 6.18 Å². The summed E-state index contributed by atoms with van der Waals surface area (Å²) in [7, 11) is -2.14. The lowest BCUT2D eigenvalue weighted by molar-refractivity contribution is -0.137. The van der Waals surface area contributed by atoms with E-state index >= 15 is 0 Å². The van der Waals surface area contributed by atoms with Crippen LogP contribution in [0.15, 0.2) is 65.6 Å². The summed E-state index contributed by atoms with van der Waals surface area (Å²) in [5.41, 5.74) is 1.31. The topological polar surface area (TPSA) is 77.8 Å². The maximum atomic E-state index is 13.5. The molecule has 11 heteroatoms. The molecule has 1 atom stereocenters. The molecule has 7 nitrogen and oxygen atoms in total. The quantitative estimate of drug-likeness (QED) is 0.433. The van der Waals surface area contributed by atoms with Crippen molar-refractivity contribution >= 4 is 21.5 Å². The van der Waals surface area contributed by atoms with E-state index in [1.807, 2.05) is 12.1 Å². The molecule has 0 amide bonds. The van der Waals surface area contributed by atoms with Crippen molar-refractivity contribution in [2.75, 3.05) is 31.4 Å². The summed E-state index contributed by atoms with van der Waals surface area (Å²) in [4.78, 5) is 15.2. The number of anilines is 2. The van der Waals surface area contributed by atoms with Crippen LogP contribution in [0.25, 0.3) is 0 Å². The van der Waals surface area contributed by atoms with E-state index in [9.17, 15) is 26.4 Å². The minimum atomic E-state index is -4.47. The summed E-state index contributed by atoms with van der Waals surface area (Å²) < 4.78 is 74.0. The molecule has 3 aromatic rings. The first-order chi connectivity index (χ1) is 16.9. The summed E-state index contributed by atoms with van der Waals surface area (Å²) in [6.07, 6.45) is -1.61. The van der Waals surface area contributed by atoms with Crippen LogP contribution in [0, 0.1) is 5.92 Å². The fraction of sp³-hybridized carbons (Fsp3) is 0.320. The van der Waals surface area contributed by atoms with Gasteiger partial charge in [-0.3, -0.25) is 8.98 Å². The van der Waals surface area contributed by atoms with Gasteiger partial charge in [-0.25, -0.2) is 0 Å². The second-order valence-electron chi connectivity index (χ2n) is 8.67. The molecule has 2 aromatic carbocycles. The van der Waals surface area contributed by atoms with E-state index in [1.165, 1.54) is 12.1 Å². The van der Waals surface area contributed by atoms with E-state index in [0.29, 0.717) is 29.2 Å². The van der Waals surface area contributed by atoms with Crippen molar-refractivity contribution in [3.8, 4) is 5.75 Å². The van der Waals surface area contributed by atoms with Crippen molar-refractivity contribution < 1.29 is 30.5 Å². The molecule has 1 unspecified atom stereocenters. The number of benzene rings is 2. The normalized spacial score (nSPS) is 16.0. The van der Waals surface area contributed by atoms with Crippen molar-refractivity contribution in [1.29, 1.82) is 0 Å². The van der Waals surface area contributed by atoms with E-state index in [0.717, 1.165) is 24.0 Å². The molecule has 36 heavy (non-hydrogen) atoms. The summed E-state index contributed by atoms with van der Waals surface area (Å²) >= 11 is 0. The zero-order chi connectivity index (χ0) is 26.1.